The van der Waals surface area contributed by atoms with E-state index in [1.807, 2.05) is 41.7 Å². The number of hydrogen-bond donors (Lipinski definition) is 1. The van der Waals surface area contributed by atoms with Gasteiger partial charge in [-0.1, -0.05) is 186 Å². The van der Waals surface area contributed by atoms with Gasteiger partial charge in [-0.3, -0.25) is 0 Å². The number of aliphatic hydroxyl groups is 1. The SMILES string of the molecule is C[C@@H](CO[Si](c1ccccc1)(c1ccccc1)C(C)(C)C)C1([C@@H](C)[C@H](O)COC(c2ccccc2)(c2ccccc2)c2ccccc2)SCCCS1. The molecule has 6 heteroatoms. The van der Waals surface area contributed by atoms with E-state index in [0.29, 0.717) is 6.61 Å². The topological polar surface area (TPSA) is 38.7 Å². The molecule has 3 atom stereocenters. The van der Waals surface area contributed by atoms with Crippen molar-refractivity contribution in [1.29, 1.82) is 0 Å². The van der Waals surface area contributed by atoms with Crippen LogP contribution in [0.15, 0.2) is 152 Å². The standard InChI is InChI=1S/C46H54O3S2Si/c1-36(34-49-52(44(3,4)5,41-28-17-9-18-29-41)42-30-19-10-20-31-42)46(50-32-21-33-51-46)37(2)43(47)35-48-45(38-22-11-6-12-23-38,39-24-13-7-14-25-39)40-26-15-8-16-27-40/h6-20,22-31,36-37,43,47H,21,32-35H2,1-5H3/t36-,37-,43+/m0/s1. The Morgan fingerprint density at radius 3 is 1.38 bits per heavy atom. The van der Waals surface area contributed by atoms with Crippen molar-refractivity contribution < 1.29 is 14.3 Å². The summed E-state index contributed by atoms with van der Waals surface area (Å²) >= 11 is 4.02. The van der Waals surface area contributed by atoms with Crippen molar-refractivity contribution in [3.8, 4) is 0 Å². The predicted octanol–water partition coefficient (Wildman–Crippen LogP) is 9.77. The summed E-state index contributed by atoms with van der Waals surface area (Å²) < 4.78 is 14.4. The van der Waals surface area contributed by atoms with Crippen LogP contribution >= 0.6 is 23.5 Å². The Hall–Kier alpha value is -3.10. The molecule has 0 unspecified atom stereocenters. The van der Waals surface area contributed by atoms with E-state index in [0.717, 1.165) is 34.6 Å². The highest BCUT2D eigenvalue weighted by Crippen LogP contribution is 2.54. The summed E-state index contributed by atoms with van der Waals surface area (Å²) in [6, 6.07) is 53.1. The maximum Gasteiger partial charge on any atom is 0.261 e. The summed E-state index contributed by atoms with van der Waals surface area (Å²) in [6.07, 6.45) is 0.460. The van der Waals surface area contributed by atoms with Gasteiger partial charge in [-0.05, 0) is 50.0 Å². The lowest BCUT2D eigenvalue weighted by Crippen LogP contribution is -2.67. The number of rotatable bonds is 14. The Kier molecular flexibility index (Phi) is 12.6. The first-order chi connectivity index (χ1) is 25.1. The van der Waals surface area contributed by atoms with Crippen LogP contribution in [0.2, 0.25) is 5.04 Å². The second-order valence-electron chi connectivity index (χ2n) is 15.1. The summed E-state index contributed by atoms with van der Waals surface area (Å²) in [6.45, 7) is 12.4. The summed E-state index contributed by atoms with van der Waals surface area (Å²) in [7, 11) is -2.73. The van der Waals surface area contributed by atoms with Crippen molar-refractivity contribution in [3.05, 3.63) is 168 Å². The molecule has 6 rings (SSSR count). The third kappa shape index (κ3) is 7.62. The van der Waals surface area contributed by atoms with Gasteiger partial charge in [0.1, 0.15) is 5.60 Å². The smallest absolute Gasteiger partial charge is 0.261 e. The number of benzene rings is 5. The van der Waals surface area contributed by atoms with Gasteiger partial charge in [-0.2, -0.15) is 0 Å². The molecular weight excluding hydrogens is 693 g/mol. The molecular formula is C46H54O3S2Si. The van der Waals surface area contributed by atoms with Gasteiger partial charge in [-0.15, -0.1) is 23.5 Å². The van der Waals surface area contributed by atoms with Gasteiger partial charge in [0, 0.05) is 18.4 Å². The van der Waals surface area contributed by atoms with E-state index in [-0.39, 0.29) is 27.6 Å². The van der Waals surface area contributed by atoms with Crippen LogP contribution in [0, 0.1) is 11.8 Å². The Balaban J connectivity index is 1.32. The molecule has 0 spiro atoms. The van der Waals surface area contributed by atoms with E-state index in [1.165, 1.54) is 10.4 Å². The van der Waals surface area contributed by atoms with Crippen molar-refractivity contribution in [2.45, 2.75) is 61.9 Å². The summed E-state index contributed by atoms with van der Waals surface area (Å²) in [4.78, 5) is 0. The van der Waals surface area contributed by atoms with E-state index < -0.39 is 20.0 Å². The molecule has 0 radical (unpaired) electrons. The zero-order valence-electron chi connectivity index (χ0n) is 31.3. The maximum atomic E-state index is 12.3. The second-order valence-corrected chi connectivity index (χ2v) is 22.4. The van der Waals surface area contributed by atoms with Gasteiger partial charge < -0.3 is 14.3 Å². The van der Waals surface area contributed by atoms with Crippen LogP contribution in [0.1, 0.15) is 57.7 Å². The lowest BCUT2D eigenvalue weighted by molar-refractivity contribution is -0.0570. The molecule has 0 aliphatic carbocycles. The molecule has 1 fully saturated rings. The molecule has 5 aromatic carbocycles. The average Bonchev–Trinajstić information content (AvgIpc) is 3.19. The molecule has 0 aromatic heterocycles. The summed E-state index contributed by atoms with van der Waals surface area (Å²) in [5.74, 6) is 2.23. The normalized spacial score (nSPS) is 16.9. The van der Waals surface area contributed by atoms with Crippen LogP contribution in [-0.4, -0.2) is 48.3 Å². The molecule has 0 bridgehead atoms. The third-order valence-corrected chi connectivity index (χ3v) is 20.0. The van der Waals surface area contributed by atoms with Crippen LogP contribution < -0.4 is 10.4 Å². The fourth-order valence-electron chi connectivity index (χ4n) is 8.08. The molecule has 3 nitrogen and oxygen atoms in total. The molecule has 52 heavy (non-hydrogen) atoms. The van der Waals surface area contributed by atoms with Gasteiger partial charge in [0.2, 0.25) is 0 Å². The Bertz CT molecular complexity index is 1660. The molecule has 1 aliphatic rings. The third-order valence-electron chi connectivity index (χ3n) is 10.8. The number of ether oxygens (including phenoxy) is 1. The van der Waals surface area contributed by atoms with Gasteiger partial charge in [0.05, 0.1) is 16.8 Å². The number of hydrogen-bond acceptors (Lipinski definition) is 5. The van der Waals surface area contributed by atoms with Crippen LogP contribution in [0.25, 0.3) is 0 Å². The van der Waals surface area contributed by atoms with Crippen LogP contribution in [0.4, 0.5) is 0 Å². The minimum atomic E-state index is -2.73. The van der Waals surface area contributed by atoms with E-state index in [4.69, 9.17) is 9.16 Å². The van der Waals surface area contributed by atoms with Crippen LogP contribution in [0.5, 0.6) is 0 Å². The number of thioether (sulfide) groups is 2. The van der Waals surface area contributed by atoms with Gasteiger partial charge in [-0.25, -0.2) is 0 Å². The average molecular weight is 747 g/mol. The van der Waals surface area contributed by atoms with E-state index in [9.17, 15) is 5.11 Å². The lowest BCUT2D eigenvalue weighted by atomic mass is 9.80. The molecule has 1 heterocycles. The highest BCUT2D eigenvalue weighted by molar-refractivity contribution is 8.18. The van der Waals surface area contributed by atoms with Crippen LogP contribution in [0.3, 0.4) is 0 Å². The molecule has 272 valence electrons. The first kappa shape index (κ1) is 38.6. The van der Waals surface area contributed by atoms with Crippen molar-refractivity contribution >= 4 is 42.2 Å². The maximum absolute atomic E-state index is 12.3. The highest BCUT2D eigenvalue weighted by atomic mass is 32.2. The van der Waals surface area contributed by atoms with Crippen molar-refractivity contribution in [2.75, 3.05) is 24.7 Å². The largest absolute Gasteiger partial charge is 0.407 e. The zero-order valence-corrected chi connectivity index (χ0v) is 33.9. The quantitative estimate of drug-likeness (QED) is 0.0906. The summed E-state index contributed by atoms with van der Waals surface area (Å²) in [5, 5.41) is 14.8. The predicted molar refractivity (Wildman–Crippen MR) is 225 cm³/mol. The Morgan fingerprint density at radius 2 is 1.00 bits per heavy atom. The first-order valence-electron chi connectivity index (χ1n) is 18.7. The molecule has 0 amide bonds. The zero-order chi connectivity index (χ0) is 36.7. The Labute approximate surface area is 321 Å². The van der Waals surface area contributed by atoms with Crippen molar-refractivity contribution in [2.24, 2.45) is 11.8 Å². The van der Waals surface area contributed by atoms with Crippen LogP contribution in [-0.2, 0) is 14.8 Å². The molecule has 0 saturated carbocycles. The fourth-order valence-corrected chi connectivity index (χ4v) is 16.5. The lowest BCUT2D eigenvalue weighted by Gasteiger charge is -2.49. The molecule has 5 aromatic rings. The molecule has 1 saturated heterocycles. The van der Waals surface area contributed by atoms with E-state index in [1.54, 1.807) is 0 Å². The fraction of sp³-hybridized carbons (Fsp3) is 0.348. The van der Waals surface area contributed by atoms with Gasteiger partial charge >= 0.3 is 0 Å². The highest BCUT2D eigenvalue weighted by Gasteiger charge is 2.53. The van der Waals surface area contributed by atoms with Crippen molar-refractivity contribution in [1.82, 2.24) is 0 Å². The van der Waals surface area contributed by atoms with E-state index >= 15 is 0 Å². The second kappa shape index (κ2) is 16.9. The minimum absolute atomic E-state index is 0.0689. The van der Waals surface area contributed by atoms with Gasteiger partial charge in [0.15, 0.2) is 0 Å². The monoisotopic (exact) mass is 746 g/mol. The van der Waals surface area contributed by atoms with E-state index in [2.05, 4.69) is 168 Å². The molecule has 1 N–H and O–H groups in total. The first-order valence-corrected chi connectivity index (χ1v) is 22.5. The summed E-state index contributed by atoms with van der Waals surface area (Å²) in [5.41, 5.74) is 2.23. The Morgan fingerprint density at radius 1 is 0.615 bits per heavy atom. The van der Waals surface area contributed by atoms with Crippen molar-refractivity contribution in [3.63, 3.8) is 0 Å². The number of aliphatic hydroxyl groups excluding tert-OH is 1. The minimum Gasteiger partial charge on any atom is -0.407 e. The molecule has 1 aliphatic heterocycles. The van der Waals surface area contributed by atoms with Gasteiger partial charge in [0.25, 0.3) is 8.32 Å².